The zero-order chi connectivity index (χ0) is 14.5. The molecule has 5 nitrogen and oxygen atoms in total. The third-order valence-corrected chi connectivity index (χ3v) is 3.16. The van der Waals surface area contributed by atoms with Gasteiger partial charge >= 0.3 is 0 Å². The van der Waals surface area contributed by atoms with Crippen molar-refractivity contribution >= 4 is 0 Å². The van der Waals surface area contributed by atoms with Gasteiger partial charge in [0.15, 0.2) is 0 Å². The average molecular weight is 278 g/mol. The molecule has 0 amide bonds. The summed E-state index contributed by atoms with van der Waals surface area (Å²) < 4.78 is 5.24. The highest BCUT2D eigenvalue weighted by atomic mass is 16.5. The summed E-state index contributed by atoms with van der Waals surface area (Å²) in [5.74, 6) is 0. The second-order valence-corrected chi connectivity index (χ2v) is 5.00. The Balaban J connectivity index is 3.34. The van der Waals surface area contributed by atoms with E-state index in [4.69, 9.17) is 14.9 Å². The highest BCUT2D eigenvalue weighted by Crippen LogP contribution is 2.07. The second-order valence-electron chi connectivity index (χ2n) is 5.00. The Morgan fingerprint density at radius 3 is 2.00 bits per heavy atom. The van der Waals surface area contributed by atoms with Gasteiger partial charge in [-0.25, -0.2) is 0 Å². The van der Waals surface area contributed by atoms with Crippen LogP contribution >= 0.6 is 0 Å². The fourth-order valence-corrected chi connectivity index (χ4v) is 1.83. The molecule has 0 aliphatic rings. The van der Waals surface area contributed by atoms with Crippen molar-refractivity contribution in [1.82, 2.24) is 0 Å². The molecule has 0 bridgehead atoms. The molecule has 0 spiro atoms. The van der Waals surface area contributed by atoms with Gasteiger partial charge in [-0.1, -0.05) is 45.4 Å². The minimum atomic E-state index is -1.36. The van der Waals surface area contributed by atoms with Crippen molar-refractivity contribution in [1.29, 1.82) is 0 Å². The molecule has 0 aliphatic heterocycles. The number of aliphatic hydroxyl groups excluding tert-OH is 4. The maximum atomic E-state index is 9.47. The van der Waals surface area contributed by atoms with Gasteiger partial charge in [-0.3, -0.25) is 0 Å². The summed E-state index contributed by atoms with van der Waals surface area (Å²) in [5, 5.41) is 36.6. The van der Waals surface area contributed by atoms with E-state index in [0.29, 0.717) is 6.61 Å². The Hall–Kier alpha value is -0.200. The molecule has 0 saturated carbocycles. The molecule has 0 radical (unpaired) electrons. The number of hydrogen-bond acceptors (Lipinski definition) is 5. The third kappa shape index (κ3) is 10.3. The Morgan fingerprint density at radius 1 is 0.842 bits per heavy atom. The summed E-state index contributed by atoms with van der Waals surface area (Å²) in [4.78, 5) is 0. The largest absolute Gasteiger partial charge is 0.394 e. The van der Waals surface area contributed by atoms with Gasteiger partial charge in [0.25, 0.3) is 0 Å². The Morgan fingerprint density at radius 2 is 1.42 bits per heavy atom. The predicted octanol–water partition coefficient (Wildman–Crippen LogP) is 0.829. The van der Waals surface area contributed by atoms with Crippen LogP contribution in [0.1, 0.15) is 51.9 Å². The van der Waals surface area contributed by atoms with E-state index in [-0.39, 0.29) is 6.61 Å². The van der Waals surface area contributed by atoms with Crippen molar-refractivity contribution in [3.8, 4) is 0 Å². The second kappa shape index (κ2) is 12.8. The molecular weight excluding hydrogens is 248 g/mol. The van der Waals surface area contributed by atoms with E-state index in [2.05, 4.69) is 6.92 Å². The first-order chi connectivity index (χ1) is 9.13. The van der Waals surface area contributed by atoms with Gasteiger partial charge in [-0.2, -0.15) is 0 Å². The van der Waals surface area contributed by atoms with E-state index in [1.54, 1.807) is 0 Å². The zero-order valence-electron chi connectivity index (χ0n) is 12.0. The molecule has 0 aliphatic carbocycles. The summed E-state index contributed by atoms with van der Waals surface area (Å²) in [7, 11) is 0. The van der Waals surface area contributed by atoms with Crippen molar-refractivity contribution < 1.29 is 25.2 Å². The van der Waals surface area contributed by atoms with Crippen LogP contribution in [-0.4, -0.2) is 58.6 Å². The smallest absolute Gasteiger partial charge is 0.110 e. The first-order valence-corrected chi connectivity index (χ1v) is 7.36. The molecule has 0 aromatic heterocycles. The molecule has 116 valence electrons. The van der Waals surface area contributed by atoms with Crippen molar-refractivity contribution in [2.75, 3.05) is 19.8 Å². The molecule has 0 fully saturated rings. The van der Waals surface area contributed by atoms with Crippen LogP contribution in [0.4, 0.5) is 0 Å². The lowest BCUT2D eigenvalue weighted by Crippen LogP contribution is -2.41. The van der Waals surface area contributed by atoms with E-state index in [1.165, 1.54) is 32.1 Å². The summed E-state index contributed by atoms with van der Waals surface area (Å²) in [5.41, 5.74) is 0. The van der Waals surface area contributed by atoms with Crippen LogP contribution in [0, 0.1) is 0 Å². The number of rotatable bonds is 13. The van der Waals surface area contributed by atoms with Crippen molar-refractivity contribution in [2.45, 2.75) is 70.2 Å². The summed E-state index contributed by atoms with van der Waals surface area (Å²) in [6, 6.07) is 0. The normalized spacial score (nSPS) is 16.3. The van der Waals surface area contributed by atoms with Crippen LogP contribution in [0.25, 0.3) is 0 Å². The lowest BCUT2D eigenvalue weighted by Gasteiger charge is -2.21. The van der Waals surface area contributed by atoms with Crippen LogP contribution in [0.15, 0.2) is 0 Å². The van der Waals surface area contributed by atoms with Crippen LogP contribution in [-0.2, 0) is 4.74 Å². The van der Waals surface area contributed by atoms with Crippen molar-refractivity contribution in [3.05, 3.63) is 0 Å². The number of unbranched alkanes of at least 4 members (excludes halogenated alkanes) is 6. The minimum absolute atomic E-state index is 0.0198. The van der Waals surface area contributed by atoms with Gasteiger partial charge in [-0.05, 0) is 6.42 Å². The Bertz CT molecular complexity index is 189. The van der Waals surface area contributed by atoms with E-state index >= 15 is 0 Å². The third-order valence-electron chi connectivity index (χ3n) is 3.16. The first kappa shape index (κ1) is 18.8. The van der Waals surface area contributed by atoms with E-state index in [1.807, 2.05) is 0 Å². The first-order valence-electron chi connectivity index (χ1n) is 7.36. The molecule has 3 atom stereocenters. The molecule has 0 unspecified atom stereocenters. The molecule has 4 N–H and O–H groups in total. The zero-order valence-corrected chi connectivity index (χ0v) is 12.0. The molecule has 0 rings (SSSR count). The van der Waals surface area contributed by atoms with E-state index in [9.17, 15) is 10.2 Å². The number of hydrogen-bond donors (Lipinski definition) is 4. The standard InChI is InChI=1S/C14H30O5/c1-2-3-4-5-6-7-8-9-19-11-13(17)14(18)12(16)10-15/h12-18H,2-11H2,1H3/t12-,13-,14+/m1/s1. The highest BCUT2D eigenvalue weighted by Gasteiger charge is 2.23. The van der Waals surface area contributed by atoms with Gasteiger partial charge in [-0.15, -0.1) is 0 Å². The molecule has 0 aromatic carbocycles. The Labute approximate surface area is 116 Å². The summed E-state index contributed by atoms with van der Waals surface area (Å²) >= 11 is 0. The van der Waals surface area contributed by atoms with E-state index < -0.39 is 24.9 Å². The fourth-order valence-electron chi connectivity index (χ4n) is 1.83. The van der Waals surface area contributed by atoms with Crippen LogP contribution < -0.4 is 0 Å². The number of ether oxygens (including phenoxy) is 1. The predicted molar refractivity (Wildman–Crippen MR) is 73.9 cm³/mol. The lowest BCUT2D eigenvalue weighted by molar-refractivity contribution is -0.0997. The molecule has 19 heavy (non-hydrogen) atoms. The molecule has 0 aromatic rings. The molecule has 5 heteroatoms. The molecule has 0 saturated heterocycles. The quantitative estimate of drug-likeness (QED) is 0.375. The van der Waals surface area contributed by atoms with Crippen molar-refractivity contribution in [3.63, 3.8) is 0 Å². The maximum absolute atomic E-state index is 9.47. The van der Waals surface area contributed by atoms with Gasteiger partial charge < -0.3 is 25.2 Å². The van der Waals surface area contributed by atoms with Crippen molar-refractivity contribution in [2.24, 2.45) is 0 Å². The van der Waals surface area contributed by atoms with Crippen LogP contribution in [0.5, 0.6) is 0 Å². The van der Waals surface area contributed by atoms with E-state index in [0.717, 1.165) is 12.8 Å². The van der Waals surface area contributed by atoms with Crippen LogP contribution in [0.2, 0.25) is 0 Å². The Kier molecular flexibility index (Phi) is 12.7. The fraction of sp³-hybridized carbons (Fsp3) is 1.00. The maximum Gasteiger partial charge on any atom is 0.110 e. The molecular formula is C14H30O5. The SMILES string of the molecule is CCCCCCCCCOC[C@@H](O)[C@@H](O)[C@H](O)CO. The minimum Gasteiger partial charge on any atom is -0.394 e. The number of aliphatic hydroxyl groups is 4. The summed E-state index contributed by atoms with van der Waals surface area (Å²) in [6.45, 7) is 2.15. The average Bonchev–Trinajstić information content (AvgIpc) is 2.43. The van der Waals surface area contributed by atoms with Gasteiger partial charge in [0.1, 0.15) is 18.3 Å². The topological polar surface area (TPSA) is 90.2 Å². The monoisotopic (exact) mass is 278 g/mol. The van der Waals surface area contributed by atoms with Gasteiger partial charge in [0.2, 0.25) is 0 Å². The highest BCUT2D eigenvalue weighted by molar-refractivity contribution is 4.74. The van der Waals surface area contributed by atoms with Gasteiger partial charge in [0.05, 0.1) is 13.2 Å². The summed E-state index contributed by atoms with van der Waals surface area (Å²) in [6.07, 6.45) is 4.52. The lowest BCUT2D eigenvalue weighted by atomic mass is 10.1. The molecule has 0 heterocycles. The van der Waals surface area contributed by atoms with Crippen LogP contribution in [0.3, 0.4) is 0 Å². The van der Waals surface area contributed by atoms with Gasteiger partial charge in [0, 0.05) is 6.61 Å².